The highest BCUT2D eigenvalue weighted by atomic mass is 35.5. The number of anilines is 1. The van der Waals surface area contributed by atoms with Gasteiger partial charge in [0.1, 0.15) is 0 Å². The largest absolute Gasteiger partial charge is 0.545 e. The summed E-state index contributed by atoms with van der Waals surface area (Å²) in [6, 6.07) is 13.2. The van der Waals surface area contributed by atoms with Crippen molar-refractivity contribution in [1.82, 2.24) is 0 Å². The van der Waals surface area contributed by atoms with Crippen LogP contribution in [0.2, 0.25) is 5.02 Å². The summed E-state index contributed by atoms with van der Waals surface area (Å²) >= 11 is 12.5. The summed E-state index contributed by atoms with van der Waals surface area (Å²) < 4.78 is 0.338. The summed E-state index contributed by atoms with van der Waals surface area (Å²) in [5, 5.41) is 11.6. The topological polar surface area (TPSA) is 60.4 Å². The van der Waals surface area contributed by atoms with Gasteiger partial charge in [0, 0.05) is 5.56 Å². The molecule has 1 fully saturated rings. The average molecular weight is 375 g/mol. The number of hydrogen-bond donors (Lipinski definition) is 0. The van der Waals surface area contributed by atoms with E-state index in [4.69, 9.17) is 23.8 Å². The molecule has 2 aromatic rings. The first-order valence-corrected chi connectivity index (χ1v) is 8.42. The molecule has 1 aliphatic heterocycles. The van der Waals surface area contributed by atoms with E-state index in [1.54, 1.807) is 42.5 Å². The summed E-state index contributed by atoms with van der Waals surface area (Å²) in [7, 11) is 0. The minimum Gasteiger partial charge on any atom is -0.545 e. The lowest BCUT2D eigenvalue weighted by Gasteiger charge is -2.15. The second kappa shape index (κ2) is 6.76. The van der Waals surface area contributed by atoms with E-state index in [1.807, 2.05) is 0 Å². The lowest BCUT2D eigenvalue weighted by Crippen LogP contribution is -2.27. The Bertz CT molecular complexity index is 895. The Hall–Kier alpha value is -2.15. The molecule has 24 heavy (non-hydrogen) atoms. The van der Waals surface area contributed by atoms with Gasteiger partial charge in [-0.05, 0) is 23.8 Å². The van der Waals surface area contributed by atoms with Crippen molar-refractivity contribution in [3.8, 4) is 0 Å². The Morgan fingerprint density at radius 1 is 1.17 bits per heavy atom. The van der Waals surface area contributed by atoms with Crippen molar-refractivity contribution in [2.45, 2.75) is 0 Å². The van der Waals surface area contributed by atoms with Crippen LogP contribution in [-0.2, 0) is 4.79 Å². The van der Waals surface area contributed by atoms with Gasteiger partial charge in [-0.25, -0.2) is 0 Å². The summed E-state index contributed by atoms with van der Waals surface area (Å²) in [5.74, 6) is -1.64. The van der Waals surface area contributed by atoms with Gasteiger partial charge in [-0.3, -0.25) is 9.69 Å². The Labute approximate surface area is 152 Å². The van der Waals surface area contributed by atoms with E-state index >= 15 is 0 Å². The standard InChI is InChI=1S/C17H10ClNO3S2/c18-12-7-3-4-8-13(12)19-15(20)14(24-17(19)23)9-10-5-1-2-6-11(10)16(21)22/h1-9H,(H,21,22)/p-1/b14-9-. The highest BCUT2D eigenvalue weighted by molar-refractivity contribution is 8.27. The first kappa shape index (κ1) is 16.7. The number of thioether (sulfide) groups is 1. The second-order valence-corrected chi connectivity index (χ2v) is 6.93. The van der Waals surface area contributed by atoms with Gasteiger partial charge in [0.15, 0.2) is 4.32 Å². The Morgan fingerprint density at radius 2 is 1.83 bits per heavy atom. The number of carboxylic acid groups (broad SMARTS) is 1. The lowest BCUT2D eigenvalue weighted by molar-refractivity contribution is -0.255. The van der Waals surface area contributed by atoms with E-state index in [-0.39, 0.29) is 11.5 Å². The molecule has 1 aliphatic rings. The summed E-state index contributed by atoms with van der Waals surface area (Å²) in [6.07, 6.45) is 1.50. The number of hydrogen-bond acceptors (Lipinski definition) is 5. The van der Waals surface area contributed by atoms with Gasteiger partial charge in [-0.15, -0.1) is 0 Å². The minimum atomic E-state index is -1.30. The minimum absolute atomic E-state index is 0.0144. The number of benzene rings is 2. The average Bonchev–Trinajstić information content (AvgIpc) is 2.82. The van der Waals surface area contributed by atoms with Crippen LogP contribution in [0.3, 0.4) is 0 Å². The summed E-state index contributed by atoms with van der Waals surface area (Å²) in [4.78, 5) is 25.5. The molecule has 2 aromatic carbocycles. The van der Waals surface area contributed by atoms with Crippen LogP contribution in [0.15, 0.2) is 53.4 Å². The van der Waals surface area contributed by atoms with Crippen LogP contribution in [0, 0.1) is 0 Å². The van der Waals surface area contributed by atoms with Crippen LogP contribution in [0.25, 0.3) is 6.08 Å². The van der Waals surface area contributed by atoms with Crippen LogP contribution in [0.4, 0.5) is 5.69 Å². The molecule has 7 heteroatoms. The summed E-state index contributed by atoms with van der Waals surface area (Å²) in [5.41, 5.74) is 0.899. The van der Waals surface area contributed by atoms with Crippen LogP contribution in [-0.4, -0.2) is 16.2 Å². The molecule has 0 aliphatic carbocycles. The lowest BCUT2D eigenvalue weighted by atomic mass is 10.1. The molecule has 1 saturated heterocycles. The number of rotatable bonds is 3. The molecule has 1 amide bonds. The molecule has 0 aromatic heterocycles. The SMILES string of the molecule is O=C([O-])c1ccccc1/C=C1\SC(=S)N(c2ccccc2Cl)C1=O. The number of halogens is 1. The first-order valence-electron chi connectivity index (χ1n) is 6.82. The third-order valence-electron chi connectivity index (χ3n) is 3.35. The van der Waals surface area contributed by atoms with E-state index in [0.29, 0.717) is 25.5 Å². The maximum atomic E-state index is 12.7. The maximum Gasteiger partial charge on any atom is 0.270 e. The number of nitrogens with zero attached hydrogens (tertiary/aromatic N) is 1. The highest BCUT2D eigenvalue weighted by Gasteiger charge is 2.34. The molecule has 3 rings (SSSR count). The zero-order valence-corrected chi connectivity index (χ0v) is 14.5. The van der Waals surface area contributed by atoms with Crippen molar-refractivity contribution in [1.29, 1.82) is 0 Å². The van der Waals surface area contributed by atoms with Gasteiger partial charge in [-0.1, -0.05) is 72.0 Å². The smallest absolute Gasteiger partial charge is 0.270 e. The van der Waals surface area contributed by atoms with Crippen molar-refractivity contribution in [3.63, 3.8) is 0 Å². The van der Waals surface area contributed by atoms with Gasteiger partial charge in [-0.2, -0.15) is 0 Å². The first-order chi connectivity index (χ1) is 11.5. The molecule has 0 bridgehead atoms. The molecule has 0 unspecified atom stereocenters. The third kappa shape index (κ3) is 3.08. The zero-order chi connectivity index (χ0) is 17.3. The number of aromatic carboxylic acids is 1. The van der Waals surface area contributed by atoms with Crippen molar-refractivity contribution < 1.29 is 14.7 Å². The highest BCUT2D eigenvalue weighted by Crippen LogP contribution is 2.38. The van der Waals surface area contributed by atoms with Gasteiger partial charge in [0.2, 0.25) is 0 Å². The Kier molecular flexibility index (Phi) is 4.71. The van der Waals surface area contributed by atoms with Gasteiger partial charge in [0.25, 0.3) is 5.91 Å². The number of thiocarbonyl (C=S) groups is 1. The molecule has 0 radical (unpaired) electrons. The third-order valence-corrected chi connectivity index (χ3v) is 4.98. The van der Waals surface area contributed by atoms with Crippen LogP contribution < -0.4 is 10.0 Å². The maximum absolute atomic E-state index is 12.7. The molecular formula is C17H9ClNO3S2-. The molecule has 0 spiro atoms. The monoisotopic (exact) mass is 374 g/mol. The van der Waals surface area contributed by atoms with Crippen LogP contribution >= 0.6 is 35.6 Å². The van der Waals surface area contributed by atoms with Crippen molar-refractivity contribution >= 4 is 63.5 Å². The molecule has 1 heterocycles. The van der Waals surface area contributed by atoms with E-state index in [0.717, 1.165) is 11.8 Å². The summed E-state index contributed by atoms with van der Waals surface area (Å²) in [6.45, 7) is 0. The quantitative estimate of drug-likeness (QED) is 0.610. The number of carbonyl (C=O) groups excluding carboxylic acids is 2. The van der Waals surface area contributed by atoms with Gasteiger partial charge < -0.3 is 9.90 Å². The molecule has 0 atom stereocenters. The molecule has 0 saturated carbocycles. The number of amides is 1. The van der Waals surface area contributed by atoms with Gasteiger partial charge >= 0.3 is 0 Å². The molecule has 0 N–H and O–H groups in total. The fourth-order valence-corrected chi connectivity index (χ4v) is 3.75. The number of para-hydroxylation sites is 1. The van der Waals surface area contributed by atoms with Crippen molar-refractivity contribution in [2.75, 3.05) is 4.90 Å². The molecule has 4 nitrogen and oxygen atoms in total. The van der Waals surface area contributed by atoms with Crippen LogP contribution in [0.1, 0.15) is 15.9 Å². The van der Waals surface area contributed by atoms with E-state index in [2.05, 4.69) is 0 Å². The van der Waals surface area contributed by atoms with E-state index in [1.165, 1.54) is 17.0 Å². The van der Waals surface area contributed by atoms with Crippen molar-refractivity contribution in [3.05, 3.63) is 69.6 Å². The number of carbonyl (C=O) groups is 2. The fraction of sp³-hybridized carbons (Fsp3) is 0. The number of carboxylic acids is 1. The Morgan fingerprint density at radius 3 is 2.54 bits per heavy atom. The second-order valence-electron chi connectivity index (χ2n) is 4.84. The van der Waals surface area contributed by atoms with E-state index < -0.39 is 5.97 Å². The predicted octanol–water partition coefficient (Wildman–Crippen LogP) is 3.11. The molecular weight excluding hydrogens is 366 g/mol. The van der Waals surface area contributed by atoms with Crippen LogP contribution in [0.5, 0.6) is 0 Å². The van der Waals surface area contributed by atoms with Crippen molar-refractivity contribution in [2.24, 2.45) is 0 Å². The normalized spacial score (nSPS) is 16.0. The Balaban J connectivity index is 2.01. The van der Waals surface area contributed by atoms with Gasteiger partial charge in [0.05, 0.1) is 21.6 Å². The molecule has 120 valence electrons. The zero-order valence-electron chi connectivity index (χ0n) is 12.1. The fourth-order valence-electron chi connectivity index (χ4n) is 2.26. The van der Waals surface area contributed by atoms with E-state index in [9.17, 15) is 14.7 Å². The predicted molar refractivity (Wildman–Crippen MR) is 97.9 cm³/mol.